The lowest BCUT2D eigenvalue weighted by atomic mass is 10.2. The van der Waals surface area contributed by atoms with Crippen molar-refractivity contribution in [2.45, 2.75) is 24.1 Å². The molecule has 35 heavy (non-hydrogen) atoms. The quantitative estimate of drug-likeness (QED) is 0.286. The molecular formula is C25H26N4O5S. The van der Waals surface area contributed by atoms with Gasteiger partial charge in [0.15, 0.2) is 16.7 Å². The van der Waals surface area contributed by atoms with Crippen molar-refractivity contribution in [2.75, 3.05) is 33.1 Å². The zero-order valence-corrected chi connectivity index (χ0v) is 20.3. The molecule has 3 heterocycles. The number of fused-ring (bicyclic) bond motifs is 3. The minimum Gasteiger partial charge on any atom is -0.493 e. The Morgan fingerprint density at radius 2 is 2.06 bits per heavy atom. The number of rotatable bonds is 8. The molecule has 2 N–H and O–H groups in total. The summed E-state index contributed by atoms with van der Waals surface area (Å²) in [5.41, 5.74) is 2.09. The van der Waals surface area contributed by atoms with Crippen molar-refractivity contribution in [3.63, 3.8) is 0 Å². The van der Waals surface area contributed by atoms with Crippen molar-refractivity contribution in [3.05, 3.63) is 52.8 Å². The first-order chi connectivity index (χ1) is 17.1. The molecule has 182 valence electrons. The Bertz CT molecular complexity index is 1440. The summed E-state index contributed by atoms with van der Waals surface area (Å²) < 4.78 is 17.9. The SMILES string of the molecule is COc1ccc(-n2c(SCC(=O)NC[C@H]3CCCO3)nc3c([nH]c4ccccc43)c2=O)cc1OC. The number of thioether (sulfide) groups is 1. The summed E-state index contributed by atoms with van der Waals surface area (Å²) in [7, 11) is 3.09. The van der Waals surface area contributed by atoms with Gasteiger partial charge in [0, 0.05) is 30.1 Å². The third-order valence-corrected chi connectivity index (χ3v) is 6.94. The number of hydrogen-bond donors (Lipinski definition) is 2. The second-order valence-electron chi connectivity index (χ2n) is 8.20. The third-order valence-electron chi connectivity index (χ3n) is 6.00. The van der Waals surface area contributed by atoms with E-state index in [4.69, 9.17) is 19.2 Å². The lowest BCUT2D eigenvalue weighted by Crippen LogP contribution is -2.33. The number of H-pyrrole nitrogens is 1. The molecule has 4 aromatic rings. The number of hydrogen-bond acceptors (Lipinski definition) is 7. The summed E-state index contributed by atoms with van der Waals surface area (Å²) in [4.78, 5) is 34.3. The van der Waals surface area contributed by atoms with Crippen LogP contribution in [0.4, 0.5) is 0 Å². The highest BCUT2D eigenvalue weighted by molar-refractivity contribution is 7.99. The summed E-state index contributed by atoms with van der Waals surface area (Å²) in [5.74, 6) is 1.00. The van der Waals surface area contributed by atoms with E-state index < -0.39 is 0 Å². The normalized spacial score (nSPS) is 15.5. The van der Waals surface area contributed by atoms with Gasteiger partial charge in [0.2, 0.25) is 5.91 Å². The number of nitrogens with zero attached hydrogens (tertiary/aromatic N) is 2. The predicted octanol–water partition coefficient (Wildman–Crippen LogP) is 3.27. The highest BCUT2D eigenvalue weighted by atomic mass is 32.2. The van der Waals surface area contributed by atoms with Crippen LogP contribution in [0, 0.1) is 0 Å². The molecule has 0 aliphatic carbocycles. The number of carbonyl (C=O) groups is 1. The van der Waals surface area contributed by atoms with Crippen LogP contribution in [0.2, 0.25) is 0 Å². The Morgan fingerprint density at radius 3 is 2.83 bits per heavy atom. The van der Waals surface area contributed by atoms with Crippen LogP contribution in [0.1, 0.15) is 12.8 Å². The summed E-state index contributed by atoms with van der Waals surface area (Å²) in [6.07, 6.45) is 2.03. The minimum atomic E-state index is -0.263. The van der Waals surface area contributed by atoms with Crippen molar-refractivity contribution in [3.8, 4) is 17.2 Å². The molecule has 0 unspecified atom stereocenters. The molecule has 0 spiro atoms. The molecule has 2 aromatic carbocycles. The first kappa shape index (κ1) is 23.3. The Balaban J connectivity index is 1.54. The van der Waals surface area contributed by atoms with Crippen molar-refractivity contribution in [2.24, 2.45) is 0 Å². The number of para-hydroxylation sites is 1. The Kier molecular flexibility index (Phi) is 6.65. The molecule has 0 radical (unpaired) electrons. The van der Waals surface area contributed by atoms with E-state index in [0.717, 1.165) is 30.4 Å². The van der Waals surface area contributed by atoms with Gasteiger partial charge in [0.25, 0.3) is 5.56 Å². The zero-order valence-electron chi connectivity index (χ0n) is 19.5. The third kappa shape index (κ3) is 4.59. The van der Waals surface area contributed by atoms with Gasteiger partial charge in [-0.05, 0) is 31.0 Å². The second kappa shape index (κ2) is 10.0. The Morgan fingerprint density at radius 1 is 1.23 bits per heavy atom. The average molecular weight is 495 g/mol. The van der Waals surface area contributed by atoms with Crippen LogP contribution in [0.25, 0.3) is 27.6 Å². The molecule has 1 amide bonds. The van der Waals surface area contributed by atoms with Gasteiger partial charge >= 0.3 is 0 Å². The zero-order chi connectivity index (χ0) is 24.4. The van der Waals surface area contributed by atoms with E-state index in [0.29, 0.717) is 39.9 Å². The molecule has 1 saturated heterocycles. The topological polar surface area (TPSA) is 107 Å². The van der Waals surface area contributed by atoms with E-state index in [2.05, 4.69) is 10.3 Å². The van der Waals surface area contributed by atoms with Crippen LogP contribution in [-0.2, 0) is 9.53 Å². The van der Waals surface area contributed by atoms with E-state index in [1.807, 2.05) is 24.3 Å². The van der Waals surface area contributed by atoms with Crippen LogP contribution in [0.3, 0.4) is 0 Å². The van der Waals surface area contributed by atoms with E-state index >= 15 is 0 Å². The number of ether oxygens (including phenoxy) is 3. The van der Waals surface area contributed by atoms with E-state index in [1.165, 1.54) is 23.4 Å². The first-order valence-electron chi connectivity index (χ1n) is 11.4. The Hall–Kier alpha value is -3.50. The van der Waals surface area contributed by atoms with Gasteiger partial charge in [-0.2, -0.15) is 0 Å². The van der Waals surface area contributed by atoms with Crippen molar-refractivity contribution in [1.82, 2.24) is 19.9 Å². The molecular weight excluding hydrogens is 468 g/mol. The molecule has 1 atom stereocenters. The molecule has 1 fully saturated rings. The molecule has 1 aliphatic heterocycles. The average Bonchev–Trinajstić information content (AvgIpc) is 3.54. The molecule has 9 nitrogen and oxygen atoms in total. The van der Waals surface area contributed by atoms with E-state index in [-0.39, 0.29) is 23.3 Å². The van der Waals surface area contributed by atoms with Crippen LogP contribution in [-0.4, -0.2) is 59.7 Å². The fraction of sp³-hybridized carbons (Fsp3) is 0.320. The smallest absolute Gasteiger partial charge is 0.283 e. The van der Waals surface area contributed by atoms with E-state index in [9.17, 15) is 9.59 Å². The molecule has 2 aromatic heterocycles. The van der Waals surface area contributed by atoms with Gasteiger partial charge in [-0.25, -0.2) is 4.98 Å². The Labute approximate surface area is 205 Å². The maximum absolute atomic E-state index is 13.7. The highest BCUT2D eigenvalue weighted by Crippen LogP contribution is 2.31. The maximum atomic E-state index is 13.7. The minimum absolute atomic E-state index is 0.0644. The lowest BCUT2D eigenvalue weighted by molar-refractivity contribution is -0.119. The van der Waals surface area contributed by atoms with Crippen LogP contribution >= 0.6 is 11.8 Å². The number of amides is 1. The van der Waals surface area contributed by atoms with Gasteiger partial charge in [-0.15, -0.1) is 0 Å². The molecule has 0 saturated carbocycles. The number of nitrogens with one attached hydrogen (secondary N) is 2. The largest absolute Gasteiger partial charge is 0.493 e. The van der Waals surface area contributed by atoms with Crippen LogP contribution in [0.15, 0.2) is 52.4 Å². The van der Waals surface area contributed by atoms with Gasteiger partial charge in [0.05, 0.1) is 31.8 Å². The van der Waals surface area contributed by atoms with Gasteiger partial charge in [-0.3, -0.25) is 14.2 Å². The van der Waals surface area contributed by atoms with Crippen molar-refractivity contribution < 1.29 is 19.0 Å². The summed E-state index contributed by atoms with van der Waals surface area (Å²) in [5, 5.41) is 4.18. The summed E-state index contributed by atoms with van der Waals surface area (Å²) >= 11 is 1.21. The molecule has 10 heteroatoms. The maximum Gasteiger partial charge on any atom is 0.283 e. The standard InChI is InChI=1S/C25H26N4O5S/c1-32-19-10-9-15(12-20(19)33-2)29-24(31)23-22(17-7-3-4-8-18(17)27-23)28-25(29)35-14-21(30)26-13-16-6-5-11-34-16/h3-4,7-10,12,16,27H,5-6,11,13-14H2,1-2H3,(H,26,30)/t16-/m1/s1. The van der Waals surface area contributed by atoms with Gasteiger partial charge in [0.1, 0.15) is 11.0 Å². The molecule has 5 rings (SSSR count). The first-order valence-corrected chi connectivity index (χ1v) is 12.3. The summed E-state index contributed by atoms with van der Waals surface area (Å²) in [6, 6.07) is 12.9. The summed E-state index contributed by atoms with van der Waals surface area (Å²) in [6.45, 7) is 1.22. The second-order valence-corrected chi connectivity index (χ2v) is 9.14. The van der Waals surface area contributed by atoms with Gasteiger partial charge in [-0.1, -0.05) is 30.0 Å². The number of benzene rings is 2. The fourth-order valence-corrected chi connectivity index (χ4v) is 5.08. The van der Waals surface area contributed by atoms with Gasteiger partial charge < -0.3 is 24.5 Å². The number of methoxy groups -OCH3 is 2. The predicted molar refractivity (Wildman–Crippen MR) is 135 cm³/mol. The van der Waals surface area contributed by atoms with Crippen molar-refractivity contribution in [1.29, 1.82) is 0 Å². The van der Waals surface area contributed by atoms with Crippen LogP contribution < -0.4 is 20.3 Å². The van der Waals surface area contributed by atoms with Crippen LogP contribution in [0.5, 0.6) is 11.5 Å². The van der Waals surface area contributed by atoms with E-state index in [1.54, 1.807) is 25.3 Å². The number of aromatic nitrogens is 3. The van der Waals surface area contributed by atoms with Crippen molar-refractivity contribution >= 4 is 39.6 Å². The number of carbonyl (C=O) groups excluding carboxylic acids is 1. The lowest BCUT2D eigenvalue weighted by Gasteiger charge is -2.15. The molecule has 0 bridgehead atoms. The monoisotopic (exact) mass is 494 g/mol. The molecule has 1 aliphatic rings. The number of aromatic amines is 1. The highest BCUT2D eigenvalue weighted by Gasteiger charge is 2.20. The fourth-order valence-electron chi connectivity index (χ4n) is 4.24.